The molecule has 1 atom stereocenters. The zero-order valence-corrected chi connectivity index (χ0v) is 11.5. The minimum atomic E-state index is 0.205. The Bertz CT molecular complexity index is 381. The Balaban J connectivity index is 2.29. The lowest BCUT2D eigenvalue weighted by Gasteiger charge is -2.25. The fourth-order valence-corrected chi connectivity index (χ4v) is 2.90. The van der Waals surface area contributed by atoms with Crippen molar-refractivity contribution in [2.75, 3.05) is 13.7 Å². The first-order valence-corrected chi connectivity index (χ1v) is 7.05. The molecule has 100 valence electrons. The van der Waals surface area contributed by atoms with Gasteiger partial charge in [0, 0.05) is 12.5 Å². The molecule has 0 aromatic heterocycles. The summed E-state index contributed by atoms with van der Waals surface area (Å²) in [6.45, 7) is 2.27. The molecule has 1 aromatic rings. The van der Waals surface area contributed by atoms with E-state index in [4.69, 9.17) is 4.74 Å². The van der Waals surface area contributed by atoms with E-state index in [0.29, 0.717) is 5.92 Å². The largest absolute Gasteiger partial charge is 0.496 e. The van der Waals surface area contributed by atoms with Crippen LogP contribution in [0.3, 0.4) is 0 Å². The summed E-state index contributed by atoms with van der Waals surface area (Å²) in [5.41, 5.74) is 2.56. The fourth-order valence-electron chi connectivity index (χ4n) is 2.90. The molecule has 1 aromatic carbocycles. The third kappa shape index (κ3) is 2.86. The van der Waals surface area contributed by atoms with Crippen LogP contribution in [-0.2, 0) is 0 Å². The number of aliphatic hydroxyl groups excluding tert-OH is 1. The van der Waals surface area contributed by atoms with Crippen LogP contribution >= 0.6 is 0 Å². The first-order valence-electron chi connectivity index (χ1n) is 7.05. The highest BCUT2D eigenvalue weighted by Crippen LogP contribution is 2.38. The van der Waals surface area contributed by atoms with Crippen LogP contribution < -0.4 is 4.74 Å². The third-order valence-electron chi connectivity index (χ3n) is 4.14. The van der Waals surface area contributed by atoms with Crippen molar-refractivity contribution < 1.29 is 9.84 Å². The summed E-state index contributed by atoms with van der Waals surface area (Å²) in [7, 11) is 1.75. The van der Waals surface area contributed by atoms with E-state index in [2.05, 4.69) is 25.1 Å². The molecule has 0 heterocycles. The monoisotopic (exact) mass is 248 g/mol. The average molecular weight is 248 g/mol. The molecule has 2 nitrogen and oxygen atoms in total. The normalized spacial score (nSPS) is 18.6. The van der Waals surface area contributed by atoms with E-state index < -0.39 is 0 Å². The number of benzene rings is 1. The van der Waals surface area contributed by atoms with Crippen LogP contribution in [0.2, 0.25) is 0 Å². The molecule has 1 aliphatic carbocycles. The van der Waals surface area contributed by atoms with Crippen LogP contribution in [0.4, 0.5) is 0 Å². The van der Waals surface area contributed by atoms with Gasteiger partial charge in [0.15, 0.2) is 0 Å². The Kier molecular flexibility index (Phi) is 4.65. The van der Waals surface area contributed by atoms with Gasteiger partial charge in [-0.15, -0.1) is 0 Å². The second kappa shape index (κ2) is 6.24. The molecule has 1 aliphatic rings. The summed E-state index contributed by atoms with van der Waals surface area (Å²) in [5, 5.41) is 9.28. The van der Waals surface area contributed by atoms with Crippen molar-refractivity contribution in [2.45, 2.75) is 50.9 Å². The van der Waals surface area contributed by atoms with E-state index in [1.165, 1.54) is 43.2 Å². The maximum Gasteiger partial charge on any atom is 0.122 e. The van der Waals surface area contributed by atoms with Crippen molar-refractivity contribution in [1.82, 2.24) is 0 Å². The summed E-state index contributed by atoms with van der Waals surface area (Å²) in [6.07, 6.45) is 6.56. The zero-order chi connectivity index (χ0) is 13.0. The lowest BCUT2D eigenvalue weighted by atomic mass is 9.82. The maximum atomic E-state index is 9.28. The van der Waals surface area contributed by atoms with E-state index in [1.807, 2.05) is 0 Å². The van der Waals surface area contributed by atoms with Crippen LogP contribution in [0.15, 0.2) is 18.2 Å². The van der Waals surface area contributed by atoms with Gasteiger partial charge in [-0.2, -0.15) is 0 Å². The topological polar surface area (TPSA) is 29.5 Å². The SMILES string of the molecule is COc1ccc(C(C)CO)cc1C1CCCCC1. The summed E-state index contributed by atoms with van der Waals surface area (Å²) < 4.78 is 5.50. The molecule has 1 fully saturated rings. The molecule has 0 aliphatic heterocycles. The van der Waals surface area contributed by atoms with Gasteiger partial charge in [0.2, 0.25) is 0 Å². The van der Waals surface area contributed by atoms with Crippen LogP contribution in [0.1, 0.15) is 62.0 Å². The van der Waals surface area contributed by atoms with Crippen molar-refractivity contribution in [1.29, 1.82) is 0 Å². The van der Waals surface area contributed by atoms with E-state index in [0.717, 1.165) is 5.75 Å². The van der Waals surface area contributed by atoms with Gasteiger partial charge in [-0.3, -0.25) is 0 Å². The Labute approximate surface area is 110 Å². The van der Waals surface area contributed by atoms with Gasteiger partial charge in [-0.05, 0) is 36.0 Å². The molecule has 1 unspecified atom stereocenters. The van der Waals surface area contributed by atoms with Crippen LogP contribution in [0.25, 0.3) is 0 Å². The Morgan fingerprint density at radius 2 is 2.00 bits per heavy atom. The Morgan fingerprint density at radius 3 is 2.61 bits per heavy atom. The summed E-state index contributed by atoms with van der Waals surface area (Å²) in [4.78, 5) is 0. The second-order valence-corrected chi connectivity index (χ2v) is 5.42. The van der Waals surface area contributed by atoms with E-state index in [1.54, 1.807) is 7.11 Å². The molecule has 2 rings (SSSR count). The lowest BCUT2D eigenvalue weighted by molar-refractivity contribution is 0.273. The number of methoxy groups -OCH3 is 1. The molecule has 0 spiro atoms. The number of aliphatic hydroxyl groups is 1. The van der Waals surface area contributed by atoms with Gasteiger partial charge in [0.1, 0.15) is 5.75 Å². The standard InChI is InChI=1S/C16H24O2/c1-12(11-17)14-8-9-16(18-2)15(10-14)13-6-4-3-5-7-13/h8-10,12-13,17H,3-7,11H2,1-2H3. The zero-order valence-electron chi connectivity index (χ0n) is 11.5. The van der Waals surface area contributed by atoms with Crippen molar-refractivity contribution in [3.8, 4) is 5.75 Å². The first kappa shape index (κ1) is 13.4. The summed E-state index contributed by atoms with van der Waals surface area (Å²) in [5.74, 6) is 1.86. The van der Waals surface area contributed by atoms with Gasteiger partial charge < -0.3 is 9.84 Å². The maximum absolute atomic E-state index is 9.28. The molecular weight excluding hydrogens is 224 g/mol. The van der Waals surface area contributed by atoms with Crippen molar-refractivity contribution >= 4 is 0 Å². The van der Waals surface area contributed by atoms with Gasteiger partial charge in [-0.25, -0.2) is 0 Å². The highest BCUT2D eigenvalue weighted by Gasteiger charge is 2.20. The van der Waals surface area contributed by atoms with Crippen molar-refractivity contribution in [3.05, 3.63) is 29.3 Å². The van der Waals surface area contributed by atoms with Gasteiger partial charge >= 0.3 is 0 Å². The van der Waals surface area contributed by atoms with Crippen LogP contribution in [0, 0.1) is 0 Å². The van der Waals surface area contributed by atoms with Crippen LogP contribution in [0.5, 0.6) is 5.75 Å². The third-order valence-corrected chi connectivity index (χ3v) is 4.14. The number of rotatable bonds is 4. The van der Waals surface area contributed by atoms with Crippen molar-refractivity contribution in [3.63, 3.8) is 0 Å². The minimum Gasteiger partial charge on any atom is -0.496 e. The number of hydrogen-bond acceptors (Lipinski definition) is 2. The van der Waals surface area contributed by atoms with Gasteiger partial charge in [0.05, 0.1) is 7.11 Å². The predicted molar refractivity (Wildman–Crippen MR) is 74.3 cm³/mol. The molecule has 0 amide bonds. The smallest absolute Gasteiger partial charge is 0.122 e. The minimum absolute atomic E-state index is 0.205. The molecule has 0 bridgehead atoms. The van der Waals surface area contributed by atoms with E-state index in [-0.39, 0.29) is 12.5 Å². The molecule has 1 saturated carbocycles. The van der Waals surface area contributed by atoms with Gasteiger partial charge in [-0.1, -0.05) is 38.3 Å². The second-order valence-electron chi connectivity index (χ2n) is 5.42. The molecular formula is C16H24O2. The lowest BCUT2D eigenvalue weighted by Crippen LogP contribution is -2.08. The summed E-state index contributed by atoms with van der Waals surface area (Å²) in [6, 6.07) is 6.38. The molecule has 0 saturated heterocycles. The van der Waals surface area contributed by atoms with Crippen molar-refractivity contribution in [2.24, 2.45) is 0 Å². The van der Waals surface area contributed by atoms with Crippen LogP contribution in [-0.4, -0.2) is 18.8 Å². The molecule has 1 N–H and O–H groups in total. The quantitative estimate of drug-likeness (QED) is 0.877. The Morgan fingerprint density at radius 1 is 1.28 bits per heavy atom. The molecule has 2 heteroatoms. The summed E-state index contributed by atoms with van der Waals surface area (Å²) >= 11 is 0. The Hall–Kier alpha value is -1.02. The highest BCUT2D eigenvalue weighted by atomic mass is 16.5. The highest BCUT2D eigenvalue weighted by molar-refractivity contribution is 5.41. The molecule has 18 heavy (non-hydrogen) atoms. The van der Waals surface area contributed by atoms with E-state index >= 15 is 0 Å². The predicted octanol–water partition coefficient (Wildman–Crippen LogP) is 3.84. The number of ether oxygens (including phenoxy) is 1. The molecule has 0 radical (unpaired) electrons. The fraction of sp³-hybridized carbons (Fsp3) is 0.625. The number of hydrogen-bond donors (Lipinski definition) is 1. The van der Waals surface area contributed by atoms with Gasteiger partial charge in [0.25, 0.3) is 0 Å². The first-order chi connectivity index (χ1) is 8.76. The van der Waals surface area contributed by atoms with E-state index in [9.17, 15) is 5.11 Å². The average Bonchev–Trinajstić information content (AvgIpc) is 2.46.